The number of benzene rings is 1. The Hall–Kier alpha value is -3.23. The van der Waals surface area contributed by atoms with Gasteiger partial charge in [0, 0.05) is 12.6 Å². The standard InChI is InChI=1S/C35H61N3O19/c39-35(40)3-5-45-7-9-47-11-13-49-15-17-51-19-21-53-23-25-55-27-29-57-30-28-56-26-24-54-22-20-52-18-16-50-14-12-48-10-8-46-6-4-36-33-2-1-32(37(41)42)31-34(33)38(43)44/h1-2,31,36H,3-30H2,(H,39,40). The first-order chi connectivity index (χ1) is 27.9. The van der Waals surface area contributed by atoms with Crippen LogP contribution in [0.5, 0.6) is 0 Å². The summed E-state index contributed by atoms with van der Waals surface area (Å²) in [7, 11) is 0. The largest absolute Gasteiger partial charge is 0.481 e. The molecule has 1 rings (SSSR count). The number of rotatable bonds is 45. The van der Waals surface area contributed by atoms with Crippen LogP contribution in [0.15, 0.2) is 18.2 Å². The second kappa shape index (κ2) is 39.6. The van der Waals surface area contributed by atoms with Crippen LogP contribution in [0.4, 0.5) is 17.1 Å². The number of carboxylic acids is 1. The zero-order valence-electron chi connectivity index (χ0n) is 32.7. The Kier molecular flexibility index (Phi) is 36.0. The van der Waals surface area contributed by atoms with Crippen LogP contribution in [0.1, 0.15) is 6.42 Å². The number of aliphatic carboxylic acids is 1. The van der Waals surface area contributed by atoms with Gasteiger partial charge < -0.3 is 72.0 Å². The average molecular weight is 828 g/mol. The molecule has 0 radical (unpaired) electrons. The highest BCUT2D eigenvalue weighted by molar-refractivity contribution is 5.66. The van der Waals surface area contributed by atoms with Gasteiger partial charge >= 0.3 is 5.97 Å². The van der Waals surface area contributed by atoms with Crippen molar-refractivity contribution in [1.82, 2.24) is 0 Å². The van der Waals surface area contributed by atoms with E-state index in [1.54, 1.807) is 0 Å². The number of hydrogen-bond donors (Lipinski definition) is 2. The Balaban J connectivity index is 1.68. The van der Waals surface area contributed by atoms with E-state index in [0.29, 0.717) is 159 Å². The minimum absolute atomic E-state index is 0.0139. The number of carbonyl (C=O) groups is 1. The fourth-order valence-corrected chi connectivity index (χ4v) is 4.09. The van der Waals surface area contributed by atoms with Gasteiger partial charge in [-0.3, -0.25) is 25.0 Å². The third-order valence-electron chi connectivity index (χ3n) is 6.88. The lowest BCUT2D eigenvalue weighted by molar-refractivity contribution is -0.393. The van der Waals surface area contributed by atoms with Gasteiger partial charge in [0.1, 0.15) is 5.69 Å². The molecule has 0 spiro atoms. The highest BCUT2D eigenvalue weighted by Crippen LogP contribution is 2.28. The van der Waals surface area contributed by atoms with Crippen molar-refractivity contribution in [2.75, 3.05) is 184 Å². The zero-order chi connectivity index (χ0) is 41.3. The van der Waals surface area contributed by atoms with Gasteiger partial charge in [-0.05, 0) is 6.07 Å². The van der Waals surface area contributed by atoms with Crippen molar-refractivity contribution < 1.29 is 81.3 Å². The van der Waals surface area contributed by atoms with Crippen molar-refractivity contribution >= 4 is 23.0 Å². The van der Waals surface area contributed by atoms with Crippen LogP contribution >= 0.6 is 0 Å². The van der Waals surface area contributed by atoms with E-state index in [1.165, 1.54) is 12.1 Å². The van der Waals surface area contributed by atoms with E-state index in [4.69, 9.17) is 66.7 Å². The molecule has 22 nitrogen and oxygen atoms in total. The van der Waals surface area contributed by atoms with Crippen LogP contribution in [-0.4, -0.2) is 199 Å². The highest BCUT2D eigenvalue weighted by atomic mass is 16.6. The minimum Gasteiger partial charge on any atom is -0.481 e. The SMILES string of the molecule is O=C(O)CCOCCOCCOCCOCCOCCOCCOCCOCCOCCOCCOCCOCCOCCNc1ccc([N+](=O)[O-])cc1[N+](=O)[O-]. The lowest BCUT2D eigenvalue weighted by Crippen LogP contribution is -2.16. The van der Waals surface area contributed by atoms with Gasteiger partial charge in [-0.25, -0.2) is 0 Å². The maximum Gasteiger partial charge on any atom is 0.305 e. The van der Waals surface area contributed by atoms with E-state index in [1.807, 2.05) is 0 Å². The third-order valence-corrected chi connectivity index (χ3v) is 6.88. The van der Waals surface area contributed by atoms with Crippen LogP contribution in [0.2, 0.25) is 0 Å². The van der Waals surface area contributed by atoms with E-state index >= 15 is 0 Å². The maximum absolute atomic E-state index is 11.2. The summed E-state index contributed by atoms with van der Waals surface area (Å²) in [6, 6.07) is 3.41. The molecule has 0 amide bonds. The molecule has 0 aliphatic heterocycles. The summed E-state index contributed by atoms with van der Waals surface area (Å²) in [5.74, 6) is -0.884. The summed E-state index contributed by atoms with van der Waals surface area (Å²) in [4.78, 5) is 31.0. The molecule has 330 valence electrons. The number of anilines is 1. The summed E-state index contributed by atoms with van der Waals surface area (Å²) in [6.07, 6.45) is -0.0139. The molecule has 1 aromatic carbocycles. The molecule has 0 saturated carbocycles. The Labute approximate surface area is 332 Å². The predicted molar refractivity (Wildman–Crippen MR) is 201 cm³/mol. The molecule has 2 N–H and O–H groups in total. The number of carboxylic acid groups (broad SMARTS) is 1. The molecular weight excluding hydrogens is 766 g/mol. The summed E-state index contributed by atoms with van der Waals surface area (Å²) in [5, 5.41) is 33.3. The van der Waals surface area contributed by atoms with Gasteiger partial charge in [0.05, 0.1) is 194 Å². The molecule has 0 atom stereocenters. The Morgan fingerprint density at radius 1 is 0.456 bits per heavy atom. The van der Waals surface area contributed by atoms with Crippen LogP contribution in [0.25, 0.3) is 0 Å². The zero-order valence-corrected chi connectivity index (χ0v) is 32.7. The van der Waals surface area contributed by atoms with Crippen LogP contribution in [-0.2, 0) is 66.4 Å². The highest BCUT2D eigenvalue weighted by Gasteiger charge is 2.19. The van der Waals surface area contributed by atoms with Crippen molar-refractivity contribution in [3.8, 4) is 0 Å². The average Bonchev–Trinajstić information content (AvgIpc) is 3.19. The fraction of sp³-hybridized carbons (Fsp3) is 0.800. The molecule has 1 aromatic rings. The molecule has 0 heterocycles. The van der Waals surface area contributed by atoms with Crippen LogP contribution < -0.4 is 5.32 Å². The van der Waals surface area contributed by atoms with Crippen molar-refractivity contribution in [2.45, 2.75) is 6.42 Å². The topological polar surface area (TPSA) is 256 Å². The minimum atomic E-state index is -0.884. The quantitative estimate of drug-likeness (QED) is 0.0538. The normalized spacial score (nSPS) is 11.3. The number of ether oxygens (including phenoxy) is 13. The monoisotopic (exact) mass is 827 g/mol. The van der Waals surface area contributed by atoms with E-state index in [-0.39, 0.29) is 43.2 Å². The fourth-order valence-electron chi connectivity index (χ4n) is 4.09. The molecule has 0 aliphatic carbocycles. The molecule has 22 heteroatoms. The number of nitro groups is 2. The number of hydrogen-bond acceptors (Lipinski definition) is 19. The van der Waals surface area contributed by atoms with Crippen molar-refractivity contribution in [3.05, 3.63) is 38.4 Å². The van der Waals surface area contributed by atoms with E-state index in [0.717, 1.165) is 6.07 Å². The predicted octanol–water partition coefficient (Wildman–Crippen LogP) is 1.61. The Bertz CT molecular complexity index is 1120. The van der Waals surface area contributed by atoms with E-state index in [9.17, 15) is 25.0 Å². The van der Waals surface area contributed by atoms with E-state index in [2.05, 4.69) is 5.32 Å². The molecular formula is C35H61N3O19. The van der Waals surface area contributed by atoms with Gasteiger partial charge in [-0.2, -0.15) is 0 Å². The van der Waals surface area contributed by atoms with Crippen LogP contribution in [0.3, 0.4) is 0 Å². The number of nitrogens with zero attached hydrogens (tertiary/aromatic N) is 2. The molecule has 0 aromatic heterocycles. The summed E-state index contributed by atoms with van der Waals surface area (Å²) in [6.45, 7) is 11.1. The lowest BCUT2D eigenvalue weighted by Gasteiger charge is -2.09. The molecule has 0 bridgehead atoms. The van der Waals surface area contributed by atoms with Gasteiger partial charge in [0.25, 0.3) is 11.4 Å². The number of non-ortho nitro benzene ring substituents is 1. The third kappa shape index (κ3) is 34.5. The molecule has 57 heavy (non-hydrogen) atoms. The lowest BCUT2D eigenvalue weighted by atomic mass is 10.2. The van der Waals surface area contributed by atoms with Crippen LogP contribution in [0, 0.1) is 20.2 Å². The van der Waals surface area contributed by atoms with Crippen molar-refractivity contribution in [2.24, 2.45) is 0 Å². The summed E-state index contributed by atoms with van der Waals surface area (Å²) in [5.41, 5.74) is -0.543. The Morgan fingerprint density at radius 2 is 0.737 bits per heavy atom. The van der Waals surface area contributed by atoms with Gasteiger partial charge in [-0.15, -0.1) is 0 Å². The molecule has 0 aliphatic rings. The second-order valence-electron chi connectivity index (χ2n) is 11.2. The summed E-state index contributed by atoms with van der Waals surface area (Å²) < 4.78 is 70.3. The summed E-state index contributed by atoms with van der Waals surface area (Å²) >= 11 is 0. The van der Waals surface area contributed by atoms with Gasteiger partial charge in [0.2, 0.25) is 0 Å². The van der Waals surface area contributed by atoms with Crippen molar-refractivity contribution in [1.29, 1.82) is 0 Å². The first kappa shape index (κ1) is 51.8. The van der Waals surface area contributed by atoms with Crippen molar-refractivity contribution in [3.63, 3.8) is 0 Å². The molecule has 0 saturated heterocycles. The van der Waals surface area contributed by atoms with Gasteiger partial charge in [-0.1, -0.05) is 0 Å². The number of nitrogens with one attached hydrogen (secondary N) is 1. The smallest absolute Gasteiger partial charge is 0.305 e. The maximum atomic E-state index is 11.2. The van der Waals surface area contributed by atoms with E-state index < -0.39 is 15.8 Å². The van der Waals surface area contributed by atoms with Gasteiger partial charge in [0.15, 0.2) is 0 Å². The first-order valence-electron chi connectivity index (χ1n) is 18.8. The first-order valence-corrected chi connectivity index (χ1v) is 18.8. The Morgan fingerprint density at radius 3 is 1.00 bits per heavy atom. The molecule has 0 fully saturated rings. The molecule has 0 unspecified atom stereocenters. The number of nitro benzene ring substituents is 2. The second-order valence-corrected chi connectivity index (χ2v) is 11.2.